The van der Waals surface area contributed by atoms with Gasteiger partial charge in [-0.1, -0.05) is 71.7 Å². The molecule has 0 aliphatic carbocycles. The molecule has 0 amide bonds. The van der Waals surface area contributed by atoms with Crippen molar-refractivity contribution in [3.8, 4) is 0 Å². The van der Waals surface area contributed by atoms with E-state index in [2.05, 4.69) is 66.2 Å². The van der Waals surface area contributed by atoms with Gasteiger partial charge in [0.2, 0.25) is 0 Å². The molecule has 0 aliphatic heterocycles. The van der Waals surface area contributed by atoms with Crippen LogP contribution in [0.3, 0.4) is 0 Å². The van der Waals surface area contributed by atoms with Crippen molar-refractivity contribution in [3.63, 3.8) is 0 Å². The van der Waals surface area contributed by atoms with Crippen molar-refractivity contribution in [1.82, 2.24) is 0 Å². The van der Waals surface area contributed by atoms with Gasteiger partial charge in [-0.3, -0.25) is 0 Å². The van der Waals surface area contributed by atoms with Gasteiger partial charge in [0, 0.05) is 5.02 Å². The molecule has 2 aromatic carbocycles. The van der Waals surface area contributed by atoms with Crippen molar-refractivity contribution in [2.24, 2.45) is 0 Å². The number of aryl methyl sites for hydroxylation is 3. The van der Waals surface area contributed by atoms with Gasteiger partial charge in [0.15, 0.2) is 0 Å². The molecule has 0 fully saturated rings. The van der Waals surface area contributed by atoms with E-state index in [1.165, 1.54) is 22.3 Å². The van der Waals surface area contributed by atoms with Gasteiger partial charge in [0.25, 0.3) is 0 Å². The average Bonchev–Trinajstić information content (AvgIpc) is 2.48. The molecule has 0 saturated heterocycles. The Morgan fingerprint density at radius 3 is 2.15 bits per heavy atom. The summed E-state index contributed by atoms with van der Waals surface area (Å²) in [5.41, 5.74) is 6.49. The highest BCUT2D eigenvalue weighted by Gasteiger charge is 2.13. The van der Waals surface area contributed by atoms with Crippen LogP contribution < -0.4 is 0 Å². The number of alkyl halides is 1. The molecular weight excluding hydrogens is 332 g/mol. The Labute approximate surface area is 135 Å². The van der Waals surface area contributed by atoms with Crippen LogP contribution >= 0.6 is 27.5 Å². The molecular formula is C18H20BrCl. The maximum absolute atomic E-state index is 6.23. The number of rotatable bonds is 4. The van der Waals surface area contributed by atoms with E-state index < -0.39 is 0 Å². The minimum Gasteiger partial charge on any atom is -0.0840 e. The van der Waals surface area contributed by atoms with Gasteiger partial charge in [-0.2, -0.15) is 0 Å². The molecule has 2 rings (SSSR count). The Morgan fingerprint density at radius 1 is 0.950 bits per heavy atom. The van der Waals surface area contributed by atoms with E-state index >= 15 is 0 Å². The van der Waals surface area contributed by atoms with Crippen LogP contribution in [0, 0.1) is 6.92 Å². The predicted molar refractivity (Wildman–Crippen MR) is 92.2 cm³/mol. The van der Waals surface area contributed by atoms with Gasteiger partial charge in [-0.25, -0.2) is 0 Å². The van der Waals surface area contributed by atoms with Crippen LogP contribution in [0.1, 0.15) is 46.5 Å². The van der Waals surface area contributed by atoms with Gasteiger partial charge < -0.3 is 0 Å². The fraction of sp³-hybridized carbons (Fsp3) is 0.333. The smallest absolute Gasteiger partial charge is 0.0645 e. The quantitative estimate of drug-likeness (QED) is 0.570. The molecule has 106 valence electrons. The molecule has 0 N–H and O–H groups in total. The second kappa shape index (κ2) is 6.78. The Morgan fingerprint density at radius 2 is 1.55 bits per heavy atom. The van der Waals surface area contributed by atoms with E-state index in [0.717, 1.165) is 23.4 Å². The molecule has 0 radical (unpaired) electrons. The molecule has 0 bridgehead atoms. The molecule has 0 nitrogen and oxygen atoms in total. The van der Waals surface area contributed by atoms with Gasteiger partial charge in [-0.05, 0) is 53.6 Å². The first-order valence-corrected chi connectivity index (χ1v) is 8.38. The summed E-state index contributed by atoms with van der Waals surface area (Å²) in [6.45, 7) is 6.45. The molecule has 0 heterocycles. The van der Waals surface area contributed by atoms with E-state index in [1.54, 1.807) is 0 Å². The summed E-state index contributed by atoms with van der Waals surface area (Å²) >= 11 is 10.0. The average molecular weight is 352 g/mol. The van der Waals surface area contributed by atoms with E-state index in [1.807, 2.05) is 6.92 Å². The first kappa shape index (κ1) is 15.6. The van der Waals surface area contributed by atoms with Crippen molar-refractivity contribution < 1.29 is 0 Å². The maximum atomic E-state index is 6.23. The third-order valence-corrected chi connectivity index (χ3v) is 5.24. The first-order chi connectivity index (χ1) is 9.56. The zero-order valence-electron chi connectivity index (χ0n) is 12.2. The second-order valence-electron chi connectivity index (χ2n) is 5.11. The lowest BCUT2D eigenvalue weighted by Gasteiger charge is -2.15. The molecule has 1 unspecified atom stereocenters. The zero-order valence-corrected chi connectivity index (χ0v) is 14.6. The molecule has 1 atom stereocenters. The van der Waals surface area contributed by atoms with Crippen LogP contribution in [0.2, 0.25) is 5.02 Å². The van der Waals surface area contributed by atoms with Crippen molar-refractivity contribution in [3.05, 3.63) is 69.2 Å². The fourth-order valence-electron chi connectivity index (χ4n) is 2.44. The molecule has 2 aromatic rings. The monoisotopic (exact) mass is 350 g/mol. The predicted octanol–water partition coefficient (Wildman–Crippen LogP) is 6.26. The summed E-state index contributed by atoms with van der Waals surface area (Å²) in [4.78, 5) is 0.191. The number of hydrogen-bond acceptors (Lipinski definition) is 0. The van der Waals surface area contributed by atoms with Crippen molar-refractivity contribution >= 4 is 27.5 Å². The lowest BCUT2D eigenvalue weighted by Crippen LogP contribution is -1.98. The molecule has 0 aliphatic rings. The van der Waals surface area contributed by atoms with E-state index in [-0.39, 0.29) is 4.83 Å². The minimum atomic E-state index is 0.191. The van der Waals surface area contributed by atoms with Gasteiger partial charge in [0.1, 0.15) is 0 Å². The highest BCUT2D eigenvalue weighted by molar-refractivity contribution is 9.09. The summed E-state index contributed by atoms with van der Waals surface area (Å²) in [5.74, 6) is 0. The number of halogens is 2. The molecule has 20 heavy (non-hydrogen) atoms. The normalized spacial score (nSPS) is 12.4. The third-order valence-electron chi connectivity index (χ3n) is 3.77. The Balaban J connectivity index is 2.37. The molecule has 0 saturated carbocycles. The summed E-state index contributed by atoms with van der Waals surface area (Å²) in [6, 6.07) is 13.0. The van der Waals surface area contributed by atoms with Crippen LogP contribution in [0.15, 0.2) is 36.4 Å². The second-order valence-corrected chi connectivity index (χ2v) is 6.43. The highest BCUT2D eigenvalue weighted by Crippen LogP contribution is 2.34. The number of benzene rings is 2. The third kappa shape index (κ3) is 3.27. The van der Waals surface area contributed by atoms with Crippen LogP contribution in [0.4, 0.5) is 0 Å². The summed E-state index contributed by atoms with van der Waals surface area (Å²) in [7, 11) is 0. The van der Waals surface area contributed by atoms with E-state index in [4.69, 9.17) is 11.6 Å². The van der Waals surface area contributed by atoms with Crippen molar-refractivity contribution in [2.45, 2.75) is 38.4 Å². The topological polar surface area (TPSA) is 0 Å². The van der Waals surface area contributed by atoms with Gasteiger partial charge >= 0.3 is 0 Å². The summed E-state index contributed by atoms with van der Waals surface area (Å²) in [6.07, 6.45) is 2.16. The van der Waals surface area contributed by atoms with Crippen molar-refractivity contribution in [1.29, 1.82) is 0 Å². The first-order valence-electron chi connectivity index (χ1n) is 7.08. The highest BCUT2D eigenvalue weighted by atomic mass is 79.9. The van der Waals surface area contributed by atoms with E-state index in [9.17, 15) is 0 Å². The number of hydrogen-bond donors (Lipinski definition) is 0. The minimum absolute atomic E-state index is 0.191. The summed E-state index contributed by atoms with van der Waals surface area (Å²) < 4.78 is 0. The Kier molecular flexibility index (Phi) is 5.29. The maximum Gasteiger partial charge on any atom is 0.0645 e. The SMILES string of the molecule is CCc1ccc(C(Br)c2ccc(C)c(Cl)c2)cc1CC. The largest absolute Gasteiger partial charge is 0.0840 e. The molecule has 0 spiro atoms. The van der Waals surface area contributed by atoms with Crippen LogP contribution in [0.25, 0.3) is 0 Å². The lowest BCUT2D eigenvalue weighted by molar-refractivity contribution is 1.02. The molecule has 0 aromatic heterocycles. The fourth-order valence-corrected chi connectivity index (χ4v) is 3.20. The van der Waals surface area contributed by atoms with Gasteiger partial charge in [0.05, 0.1) is 4.83 Å². The van der Waals surface area contributed by atoms with E-state index in [0.29, 0.717) is 0 Å². The van der Waals surface area contributed by atoms with Crippen LogP contribution in [-0.4, -0.2) is 0 Å². The molecule has 2 heteroatoms. The zero-order chi connectivity index (χ0) is 14.7. The Hall–Kier alpha value is -0.790. The van der Waals surface area contributed by atoms with Gasteiger partial charge in [-0.15, -0.1) is 0 Å². The van der Waals surface area contributed by atoms with Crippen molar-refractivity contribution in [2.75, 3.05) is 0 Å². The lowest BCUT2D eigenvalue weighted by atomic mass is 9.96. The van der Waals surface area contributed by atoms with Crippen LogP contribution in [-0.2, 0) is 12.8 Å². The summed E-state index contributed by atoms with van der Waals surface area (Å²) in [5, 5.41) is 0.827. The van der Waals surface area contributed by atoms with Crippen LogP contribution in [0.5, 0.6) is 0 Å². The Bertz CT molecular complexity index is 604. The standard InChI is InChI=1S/C18H20BrCl/c1-4-13-8-9-15(10-14(13)5-2)18(19)16-7-6-12(3)17(20)11-16/h6-11,18H,4-5H2,1-3H3.